The van der Waals surface area contributed by atoms with E-state index in [2.05, 4.69) is 10.2 Å². The van der Waals surface area contributed by atoms with Crippen molar-refractivity contribution < 1.29 is 27.5 Å². The average Bonchev–Trinajstić information content (AvgIpc) is 2.91. The van der Waals surface area contributed by atoms with Crippen LogP contribution in [0, 0.1) is 0 Å². The lowest BCUT2D eigenvalue weighted by Crippen LogP contribution is -2.53. The van der Waals surface area contributed by atoms with E-state index in [0.29, 0.717) is 32.1 Å². The summed E-state index contributed by atoms with van der Waals surface area (Å²) in [4.78, 5) is 30.9. The number of ether oxygens (including phenoxy) is 2. The van der Waals surface area contributed by atoms with Crippen molar-refractivity contribution in [2.75, 3.05) is 66.4 Å². The first-order valence-corrected chi connectivity index (χ1v) is 14.5. The molecule has 0 aromatic heterocycles. The summed E-state index contributed by atoms with van der Waals surface area (Å²) in [6.45, 7) is 3.82. The molecule has 0 radical (unpaired) electrons. The van der Waals surface area contributed by atoms with E-state index in [1.807, 2.05) is 42.5 Å². The molecule has 11 heteroatoms. The predicted molar refractivity (Wildman–Crippen MR) is 145 cm³/mol. The number of nitrogens with one attached hydrogen (secondary N) is 1. The van der Waals surface area contributed by atoms with Crippen molar-refractivity contribution in [1.82, 2.24) is 19.4 Å². The molecule has 1 unspecified atom stereocenters. The Balaban J connectivity index is 1.86. The molecule has 0 bridgehead atoms. The van der Waals surface area contributed by atoms with Gasteiger partial charge in [0, 0.05) is 46.2 Å². The molecule has 1 aliphatic rings. The molecule has 0 saturated carbocycles. The number of methoxy groups -OCH3 is 1. The lowest BCUT2D eigenvalue weighted by molar-refractivity contribution is -0.141. The van der Waals surface area contributed by atoms with Gasteiger partial charge in [-0.3, -0.25) is 14.5 Å². The second kappa shape index (κ2) is 14.2. The number of nitrogens with zero attached hydrogens (tertiary/aromatic N) is 3. The minimum absolute atomic E-state index is 0.134. The van der Waals surface area contributed by atoms with E-state index in [-0.39, 0.29) is 25.4 Å². The number of amides is 2. The second-order valence-corrected chi connectivity index (χ2v) is 11.4. The van der Waals surface area contributed by atoms with Crippen molar-refractivity contribution in [3.8, 4) is 5.75 Å². The molecule has 0 spiro atoms. The van der Waals surface area contributed by atoms with Crippen molar-refractivity contribution in [2.45, 2.75) is 19.0 Å². The molecule has 1 saturated heterocycles. The fourth-order valence-electron chi connectivity index (χ4n) is 4.16. The van der Waals surface area contributed by atoms with E-state index < -0.39 is 22.0 Å². The van der Waals surface area contributed by atoms with Crippen molar-refractivity contribution >= 4 is 21.8 Å². The van der Waals surface area contributed by atoms with Gasteiger partial charge in [0.25, 0.3) is 0 Å². The fraction of sp³-hybridized carbons (Fsp3) is 0.481. The molecular formula is C27H38N4O6S. The summed E-state index contributed by atoms with van der Waals surface area (Å²) in [5.74, 6) is -0.0749. The van der Waals surface area contributed by atoms with Gasteiger partial charge in [-0.25, -0.2) is 8.42 Å². The van der Waals surface area contributed by atoms with Gasteiger partial charge in [0.2, 0.25) is 21.8 Å². The predicted octanol–water partition coefficient (Wildman–Crippen LogP) is 0.975. The normalized spacial score (nSPS) is 15.2. The number of sulfonamides is 1. The number of morpholine rings is 1. The highest BCUT2D eigenvalue weighted by molar-refractivity contribution is 7.88. The minimum Gasteiger partial charge on any atom is -0.497 e. The molecule has 3 rings (SSSR count). The highest BCUT2D eigenvalue weighted by atomic mass is 32.2. The van der Waals surface area contributed by atoms with Crippen LogP contribution in [-0.2, 0) is 37.3 Å². The molecule has 1 fully saturated rings. The maximum absolute atomic E-state index is 13.6. The third-order valence-electron chi connectivity index (χ3n) is 6.54. The molecule has 10 nitrogen and oxygen atoms in total. The Morgan fingerprint density at radius 2 is 1.71 bits per heavy atom. The van der Waals surface area contributed by atoms with Crippen LogP contribution in [0.4, 0.5) is 0 Å². The van der Waals surface area contributed by atoms with Crippen LogP contribution in [0.5, 0.6) is 5.75 Å². The molecule has 1 N–H and O–H groups in total. The van der Waals surface area contributed by atoms with Gasteiger partial charge in [0.05, 0.1) is 33.1 Å². The molecule has 2 aromatic carbocycles. The molecule has 1 heterocycles. The Morgan fingerprint density at radius 3 is 2.32 bits per heavy atom. The largest absolute Gasteiger partial charge is 0.497 e. The number of hydrogen-bond acceptors (Lipinski definition) is 7. The van der Waals surface area contributed by atoms with E-state index in [0.717, 1.165) is 34.8 Å². The fourth-order valence-corrected chi connectivity index (χ4v) is 4.50. The van der Waals surface area contributed by atoms with Gasteiger partial charge in [0.1, 0.15) is 11.8 Å². The van der Waals surface area contributed by atoms with Crippen LogP contribution in [0.2, 0.25) is 0 Å². The maximum Gasteiger partial charge on any atom is 0.243 e. The molecule has 1 atom stereocenters. The molecule has 1 aliphatic heterocycles. The zero-order valence-corrected chi connectivity index (χ0v) is 23.2. The number of carbonyl (C=O) groups is 2. The van der Waals surface area contributed by atoms with Crippen molar-refractivity contribution in [3.05, 3.63) is 65.7 Å². The van der Waals surface area contributed by atoms with Gasteiger partial charge in [-0.2, -0.15) is 4.31 Å². The number of benzene rings is 2. The first-order valence-electron chi connectivity index (χ1n) is 12.6. The number of rotatable bonds is 13. The van der Waals surface area contributed by atoms with Gasteiger partial charge in [-0.05, 0) is 23.3 Å². The molecule has 2 amide bonds. The summed E-state index contributed by atoms with van der Waals surface area (Å²) < 4.78 is 35.7. The summed E-state index contributed by atoms with van der Waals surface area (Å²) in [5.41, 5.74) is 1.69. The molecule has 208 valence electrons. The van der Waals surface area contributed by atoms with Crippen molar-refractivity contribution in [2.24, 2.45) is 0 Å². The van der Waals surface area contributed by atoms with E-state index in [1.54, 1.807) is 19.2 Å². The average molecular weight is 547 g/mol. The van der Waals surface area contributed by atoms with Crippen LogP contribution in [-0.4, -0.2) is 107 Å². The third-order valence-corrected chi connectivity index (χ3v) is 7.80. The highest BCUT2D eigenvalue weighted by Gasteiger charge is 2.32. The summed E-state index contributed by atoms with van der Waals surface area (Å²) in [7, 11) is -0.665. The zero-order valence-electron chi connectivity index (χ0n) is 22.3. The highest BCUT2D eigenvalue weighted by Crippen LogP contribution is 2.18. The Morgan fingerprint density at radius 1 is 1.05 bits per heavy atom. The van der Waals surface area contributed by atoms with Crippen LogP contribution in [0.15, 0.2) is 54.6 Å². The minimum atomic E-state index is -3.59. The SMILES string of the molecule is COc1ccc(CN(C(=O)CN(C)S(C)(=O)=O)C(Cc2ccccc2)C(=O)NCCN2CCOCC2)cc1. The summed E-state index contributed by atoms with van der Waals surface area (Å²) in [6.07, 6.45) is 1.34. The summed E-state index contributed by atoms with van der Waals surface area (Å²) in [5, 5.41) is 3.01. The smallest absolute Gasteiger partial charge is 0.243 e. The van der Waals surface area contributed by atoms with Gasteiger partial charge < -0.3 is 19.7 Å². The molecular weight excluding hydrogens is 508 g/mol. The Bertz CT molecular complexity index is 1140. The van der Waals surface area contributed by atoms with Crippen LogP contribution in [0.1, 0.15) is 11.1 Å². The number of hydrogen-bond donors (Lipinski definition) is 1. The van der Waals surface area contributed by atoms with Gasteiger partial charge in [0.15, 0.2) is 0 Å². The first kappa shape index (κ1) is 29.6. The van der Waals surface area contributed by atoms with E-state index in [1.165, 1.54) is 11.9 Å². The first-order chi connectivity index (χ1) is 18.2. The van der Waals surface area contributed by atoms with Crippen LogP contribution in [0.3, 0.4) is 0 Å². The van der Waals surface area contributed by atoms with Crippen LogP contribution in [0.25, 0.3) is 0 Å². The van der Waals surface area contributed by atoms with Crippen molar-refractivity contribution in [3.63, 3.8) is 0 Å². The standard InChI is InChI=1S/C27H38N4O6S/c1-29(38(3,34)35)21-26(32)31(20-23-9-11-24(36-2)12-10-23)25(19-22-7-5-4-6-8-22)27(33)28-13-14-30-15-17-37-18-16-30/h4-12,25H,13-21H2,1-3H3,(H,28,33). The van der Waals surface area contributed by atoms with Gasteiger partial charge in [-0.15, -0.1) is 0 Å². The van der Waals surface area contributed by atoms with Crippen molar-refractivity contribution in [1.29, 1.82) is 0 Å². The molecule has 38 heavy (non-hydrogen) atoms. The van der Waals surface area contributed by atoms with Crippen LogP contribution < -0.4 is 10.1 Å². The molecule has 2 aromatic rings. The van der Waals surface area contributed by atoms with E-state index in [4.69, 9.17) is 9.47 Å². The quantitative estimate of drug-likeness (QED) is 0.399. The Kier molecular flexibility index (Phi) is 11.1. The maximum atomic E-state index is 13.6. The Labute approximate surface area is 225 Å². The second-order valence-electron chi connectivity index (χ2n) is 9.34. The third kappa shape index (κ3) is 9.09. The summed E-state index contributed by atoms with van der Waals surface area (Å²) in [6, 6.07) is 15.9. The van der Waals surface area contributed by atoms with E-state index in [9.17, 15) is 18.0 Å². The molecule has 0 aliphatic carbocycles. The van der Waals surface area contributed by atoms with Crippen LogP contribution >= 0.6 is 0 Å². The number of likely N-dealkylation sites (N-methyl/N-ethyl adjacent to an activating group) is 1. The lowest BCUT2D eigenvalue weighted by Gasteiger charge is -2.33. The number of carbonyl (C=O) groups excluding carboxylic acids is 2. The van der Waals surface area contributed by atoms with Gasteiger partial charge >= 0.3 is 0 Å². The Hall–Kier alpha value is -2.99. The zero-order chi connectivity index (χ0) is 27.5. The van der Waals surface area contributed by atoms with E-state index >= 15 is 0 Å². The lowest BCUT2D eigenvalue weighted by atomic mass is 10.0. The monoisotopic (exact) mass is 546 g/mol. The summed E-state index contributed by atoms with van der Waals surface area (Å²) >= 11 is 0. The topological polar surface area (TPSA) is 108 Å². The van der Waals surface area contributed by atoms with Gasteiger partial charge in [-0.1, -0.05) is 42.5 Å².